The van der Waals surface area contributed by atoms with E-state index in [9.17, 15) is 9.90 Å². The zero-order valence-corrected chi connectivity index (χ0v) is 14.2. The third kappa shape index (κ3) is 3.99. The van der Waals surface area contributed by atoms with Crippen molar-refractivity contribution in [2.45, 2.75) is 32.8 Å². The van der Waals surface area contributed by atoms with Crippen LogP contribution < -0.4 is 5.32 Å². The highest BCUT2D eigenvalue weighted by atomic mass is 16.3. The molecule has 0 saturated heterocycles. The molecule has 5 nitrogen and oxygen atoms in total. The number of rotatable bonds is 6. The number of aliphatic hydroxyl groups is 1. The molecule has 2 aromatic rings. The summed E-state index contributed by atoms with van der Waals surface area (Å²) < 4.78 is 1.63. The van der Waals surface area contributed by atoms with Gasteiger partial charge in [0, 0.05) is 25.4 Å². The van der Waals surface area contributed by atoms with Crippen LogP contribution in [0.4, 0.5) is 0 Å². The van der Waals surface area contributed by atoms with Gasteiger partial charge < -0.3 is 10.4 Å². The van der Waals surface area contributed by atoms with Crippen LogP contribution in [0.3, 0.4) is 0 Å². The lowest BCUT2D eigenvalue weighted by molar-refractivity contribution is 0.00593. The van der Waals surface area contributed by atoms with Crippen molar-refractivity contribution in [3.8, 4) is 11.3 Å². The van der Waals surface area contributed by atoms with Crippen LogP contribution in [0, 0.1) is 5.92 Å². The summed E-state index contributed by atoms with van der Waals surface area (Å²) in [6.07, 6.45) is 2.56. The molecule has 0 spiro atoms. The van der Waals surface area contributed by atoms with Crippen LogP contribution in [0.1, 0.15) is 37.6 Å². The van der Waals surface area contributed by atoms with Gasteiger partial charge in [-0.2, -0.15) is 5.10 Å². The predicted octanol–water partition coefficient (Wildman–Crippen LogP) is 2.61. The number of aromatic nitrogens is 2. The highest BCUT2D eigenvalue weighted by Gasteiger charge is 2.28. The van der Waals surface area contributed by atoms with Gasteiger partial charge in [0.1, 0.15) is 5.69 Å². The Bertz CT molecular complexity index is 662. The number of hydrogen-bond donors (Lipinski definition) is 2. The Kier molecular flexibility index (Phi) is 5.21. The Balaban J connectivity index is 2.18. The van der Waals surface area contributed by atoms with Crippen molar-refractivity contribution in [2.24, 2.45) is 13.0 Å². The minimum absolute atomic E-state index is 0.102. The Morgan fingerprint density at radius 3 is 2.65 bits per heavy atom. The largest absolute Gasteiger partial charge is 0.388 e. The van der Waals surface area contributed by atoms with Gasteiger partial charge in [-0.3, -0.25) is 9.48 Å². The maximum Gasteiger partial charge on any atom is 0.255 e. The third-order valence-electron chi connectivity index (χ3n) is 4.40. The molecule has 5 heteroatoms. The van der Waals surface area contributed by atoms with E-state index in [1.807, 2.05) is 44.2 Å². The second kappa shape index (κ2) is 6.96. The fourth-order valence-electron chi connectivity index (χ4n) is 2.43. The number of nitrogens with one attached hydrogen (secondary N) is 1. The van der Waals surface area contributed by atoms with Gasteiger partial charge in [-0.15, -0.1) is 0 Å². The third-order valence-corrected chi connectivity index (χ3v) is 4.40. The molecule has 1 heterocycles. The van der Waals surface area contributed by atoms with E-state index in [0.29, 0.717) is 11.3 Å². The highest BCUT2D eigenvalue weighted by molar-refractivity contribution is 5.99. The van der Waals surface area contributed by atoms with Gasteiger partial charge in [-0.1, -0.05) is 50.6 Å². The first-order valence-corrected chi connectivity index (χ1v) is 7.94. The van der Waals surface area contributed by atoms with Crippen molar-refractivity contribution in [2.75, 3.05) is 6.54 Å². The van der Waals surface area contributed by atoms with Gasteiger partial charge in [-0.25, -0.2) is 0 Å². The molecule has 0 bridgehead atoms. The first kappa shape index (κ1) is 17.2. The Hall–Kier alpha value is -2.14. The van der Waals surface area contributed by atoms with E-state index in [1.54, 1.807) is 24.9 Å². The molecule has 2 rings (SSSR count). The monoisotopic (exact) mass is 315 g/mol. The average Bonchev–Trinajstić information content (AvgIpc) is 2.94. The van der Waals surface area contributed by atoms with E-state index in [4.69, 9.17) is 0 Å². The van der Waals surface area contributed by atoms with Crippen LogP contribution in [0.2, 0.25) is 0 Å². The Labute approximate surface area is 137 Å². The van der Waals surface area contributed by atoms with Gasteiger partial charge in [-0.05, 0) is 12.8 Å². The maximum atomic E-state index is 12.5. The fourth-order valence-corrected chi connectivity index (χ4v) is 2.43. The molecule has 0 radical (unpaired) electrons. The molecular formula is C18H25N3O2. The average molecular weight is 315 g/mol. The second-order valence-electron chi connectivity index (χ2n) is 6.28. The van der Waals surface area contributed by atoms with Crippen molar-refractivity contribution >= 4 is 5.91 Å². The maximum absolute atomic E-state index is 12.5. The summed E-state index contributed by atoms with van der Waals surface area (Å²) in [5.41, 5.74) is 1.12. The Morgan fingerprint density at radius 2 is 2.04 bits per heavy atom. The normalized spacial score (nSPS) is 15.0. The molecule has 0 saturated carbocycles. The van der Waals surface area contributed by atoms with Crippen LogP contribution in [0.5, 0.6) is 0 Å². The molecule has 1 aromatic heterocycles. The molecule has 124 valence electrons. The summed E-state index contributed by atoms with van der Waals surface area (Å²) in [4.78, 5) is 12.5. The zero-order chi connectivity index (χ0) is 17.0. The summed E-state index contributed by atoms with van der Waals surface area (Å²) in [7, 11) is 1.79. The summed E-state index contributed by atoms with van der Waals surface area (Å²) in [5, 5.41) is 17.7. The van der Waals surface area contributed by atoms with E-state index < -0.39 is 5.60 Å². The SMILES string of the molecule is CCC(C)C(C)(O)CNC(=O)c1cn(C)nc1-c1ccccc1. The van der Waals surface area contributed by atoms with E-state index >= 15 is 0 Å². The fraction of sp³-hybridized carbons (Fsp3) is 0.444. The molecule has 0 aliphatic heterocycles. The van der Waals surface area contributed by atoms with Crippen LogP contribution in [-0.2, 0) is 7.05 Å². The zero-order valence-electron chi connectivity index (χ0n) is 14.2. The molecular weight excluding hydrogens is 290 g/mol. The summed E-state index contributed by atoms with van der Waals surface area (Å²) in [6, 6.07) is 9.61. The van der Waals surface area contributed by atoms with Crippen molar-refractivity contribution in [3.05, 3.63) is 42.1 Å². The van der Waals surface area contributed by atoms with Crippen molar-refractivity contribution in [3.63, 3.8) is 0 Å². The van der Waals surface area contributed by atoms with Crippen LogP contribution in [0.25, 0.3) is 11.3 Å². The molecule has 1 aromatic carbocycles. The number of aryl methyl sites for hydroxylation is 1. The van der Waals surface area contributed by atoms with Crippen molar-refractivity contribution < 1.29 is 9.90 Å². The Morgan fingerprint density at radius 1 is 1.39 bits per heavy atom. The molecule has 2 unspecified atom stereocenters. The van der Waals surface area contributed by atoms with Crippen LogP contribution in [0.15, 0.2) is 36.5 Å². The van der Waals surface area contributed by atoms with Crippen molar-refractivity contribution in [1.82, 2.24) is 15.1 Å². The lowest BCUT2D eigenvalue weighted by atomic mass is 9.88. The molecule has 1 amide bonds. The van der Waals surface area contributed by atoms with E-state index in [0.717, 1.165) is 12.0 Å². The smallest absolute Gasteiger partial charge is 0.255 e. The van der Waals surface area contributed by atoms with Crippen LogP contribution >= 0.6 is 0 Å². The molecule has 0 aliphatic rings. The number of benzene rings is 1. The topological polar surface area (TPSA) is 67.2 Å². The highest BCUT2D eigenvalue weighted by Crippen LogP contribution is 2.22. The van der Waals surface area contributed by atoms with E-state index in [-0.39, 0.29) is 18.4 Å². The van der Waals surface area contributed by atoms with Gasteiger partial charge in [0.15, 0.2) is 0 Å². The minimum Gasteiger partial charge on any atom is -0.388 e. The summed E-state index contributed by atoms with van der Waals surface area (Å²) >= 11 is 0. The first-order chi connectivity index (χ1) is 10.8. The van der Waals surface area contributed by atoms with E-state index in [1.165, 1.54) is 0 Å². The quantitative estimate of drug-likeness (QED) is 0.861. The summed E-state index contributed by atoms with van der Waals surface area (Å²) in [6.45, 7) is 5.97. The number of carbonyl (C=O) groups excluding carboxylic acids is 1. The van der Waals surface area contributed by atoms with Gasteiger partial charge in [0.25, 0.3) is 5.91 Å². The lowest BCUT2D eigenvalue weighted by Gasteiger charge is -2.29. The minimum atomic E-state index is -0.931. The predicted molar refractivity (Wildman–Crippen MR) is 91.1 cm³/mol. The molecule has 0 aliphatic carbocycles. The van der Waals surface area contributed by atoms with E-state index in [2.05, 4.69) is 10.4 Å². The molecule has 0 fully saturated rings. The second-order valence-corrected chi connectivity index (χ2v) is 6.28. The number of hydrogen-bond acceptors (Lipinski definition) is 3. The van der Waals surface area contributed by atoms with Crippen molar-refractivity contribution in [1.29, 1.82) is 0 Å². The summed E-state index contributed by atoms with van der Waals surface area (Å²) in [5.74, 6) is -0.120. The van der Waals surface area contributed by atoms with Crippen LogP contribution in [-0.4, -0.2) is 32.9 Å². The molecule has 23 heavy (non-hydrogen) atoms. The number of amides is 1. The number of carbonyl (C=O) groups is 1. The van der Waals surface area contributed by atoms with Gasteiger partial charge >= 0.3 is 0 Å². The number of nitrogens with zero attached hydrogens (tertiary/aromatic N) is 2. The van der Waals surface area contributed by atoms with Gasteiger partial charge in [0.2, 0.25) is 0 Å². The molecule has 2 atom stereocenters. The lowest BCUT2D eigenvalue weighted by Crippen LogP contribution is -2.45. The standard InChI is InChI=1S/C18H25N3O2/c1-5-13(2)18(3,23)12-19-17(22)15-11-21(4)20-16(15)14-9-7-6-8-10-14/h6-11,13,23H,5,12H2,1-4H3,(H,19,22). The molecule has 2 N–H and O–H groups in total. The van der Waals surface area contributed by atoms with Gasteiger partial charge in [0.05, 0.1) is 11.2 Å². The first-order valence-electron chi connectivity index (χ1n) is 7.94.